The zero-order chi connectivity index (χ0) is 15.3. The normalized spacial score (nSPS) is 11.6. The molecule has 9 heteroatoms. The van der Waals surface area contributed by atoms with Crippen LogP contribution < -0.4 is 10.0 Å². The van der Waals surface area contributed by atoms with Crippen LogP contribution in [0.1, 0.15) is 12.5 Å². The number of nitrogens with one attached hydrogen (secondary N) is 2. The third kappa shape index (κ3) is 4.14. The number of sulfonamides is 1. The molecular formula is C11H16ClN3O4S. The van der Waals surface area contributed by atoms with Gasteiger partial charge in [-0.1, -0.05) is 18.5 Å². The predicted molar refractivity (Wildman–Crippen MR) is 76.6 cm³/mol. The van der Waals surface area contributed by atoms with Crippen molar-refractivity contribution in [2.45, 2.75) is 18.7 Å². The number of likely N-dealkylation sites (N-methyl/N-ethyl adjacent to an activating group) is 1. The number of hydrogen-bond acceptors (Lipinski definition) is 5. The van der Waals surface area contributed by atoms with E-state index in [1.807, 2.05) is 6.92 Å². The summed E-state index contributed by atoms with van der Waals surface area (Å²) in [5.74, 6) is 0. The maximum absolute atomic E-state index is 12.1. The lowest BCUT2D eigenvalue weighted by atomic mass is 10.2. The van der Waals surface area contributed by atoms with Crippen LogP contribution in [-0.2, 0) is 10.0 Å². The second-order valence-corrected chi connectivity index (χ2v) is 6.22. The van der Waals surface area contributed by atoms with Gasteiger partial charge in [-0.05, 0) is 25.1 Å². The average molecular weight is 322 g/mol. The molecule has 7 nitrogen and oxygen atoms in total. The molecule has 0 atom stereocenters. The van der Waals surface area contributed by atoms with Crippen molar-refractivity contribution in [3.63, 3.8) is 0 Å². The third-order valence-electron chi connectivity index (χ3n) is 2.49. The number of aryl methyl sites for hydroxylation is 1. The van der Waals surface area contributed by atoms with E-state index in [9.17, 15) is 18.5 Å². The van der Waals surface area contributed by atoms with Gasteiger partial charge in [0.1, 0.15) is 9.92 Å². The van der Waals surface area contributed by atoms with Crippen LogP contribution in [-0.4, -0.2) is 33.0 Å². The van der Waals surface area contributed by atoms with Crippen LogP contribution in [0.15, 0.2) is 17.0 Å². The highest BCUT2D eigenvalue weighted by Crippen LogP contribution is 2.32. The fraction of sp³-hybridized carbons (Fsp3) is 0.455. The Morgan fingerprint density at radius 1 is 1.35 bits per heavy atom. The molecule has 0 radical (unpaired) electrons. The molecule has 20 heavy (non-hydrogen) atoms. The van der Waals surface area contributed by atoms with Crippen LogP contribution in [0.2, 0.25) is 5.02 Å². The molecule has 112 valence electrons. The average Bonchev–Trinajstić information content (AvgIpc) is 2.36. The molecule has 1 rings (SSSR count). The number of rotatable bonds is 7. The maximum Gasteiger partial charge on any atom is 0.289 e. The molecule has 0 saturated heterocycles. The molecule has 0 aromatic heterocycles. The summed E-state index contributed by atoms with van der Waals surface area (Å²) in [6, 6.07) is 2.55. The number of hydrogen-bond donors (Lipinski definition) is 2. The SMILES string of the molecule is CCNCCNS(=O)(=O)c1cc(C)cc([N+](=O)[O-])c1Cl. The summed E-state index contributed by atoms with van der Waals surface area (Å²) in [5, 5.41) is 13.4. The first-order valence-electron chi connectivity index (χ1n) is 5.94. The topological polar surface area (TPSA) is 101 Å². The van der Waals surface area contributed by atoms with E-state index >= 15 is 0 Å². The predicted octanol–water partition coefficient (Wildman–Crippen LogP) is 1.44. The Morgan fingerprint density at radius 2 is 2.00 bits per heavy atom. The first kappa shape index (κ1) is 16.8. The molecule has 2 N–H and O–H groups in total. The van der Waals surface area contributed by atoms with E-state index in [0.717, 1.165) is 6.54 Å². The zero-order valence-corrected chi connectivity index (χ0v) is 12.7. The van der Waals surface area contributed by atoms with Crippen molar-refractivity contribution in [3.8, 4) is 0 Å². The minimum absolute atomic E-state index is 0.175. The second kappa shape index (κ2) is 6.98. The van der Waals surface area contributed by atoms with Crippen LogP contribution in [0, 0.1) is 17.0 Å². The fourth-order valence-electron chi connectivity index (χ4n) is 1.57. The van der Waals surface area contributed by atoms with Crippen molar-refractivity contribution in [1.82, 2.24) is 10.0 Å². The molecule has 0 unspecified atom stereocenters. The van der Waals surface area contributed by atoms with Crippen LogP contribution in [0.25, 0.3) is 0 Å². The molecule has 0 spiro atoms. The van der Waals surface area contributed by atoms with Gasteiger partial charge in [0.25, 0.3) is 5.69 Å². The number of nitro benzene ring substituents is 1. The van der Waals surface area contributed by atoms with Crippen molar-refractivity contribution in [2.24, 2.45) is 0 Å². The summed E-state index contributed by atoms with van der Waals surface area (Å²) < 4.78 is 26.5. The first-order chi connectivity index (χ1) is 9.29. The number of nitro groups is 1. The smallest absolute Gasteiger partial charge is 0.289 e. The van der Waals surface area contributed by atoms with Crippen molar-refractivity contribution in [1.29, 1.82) is 0 Å². The van der Waals surface area contributed by atoms with E-state index in [2.05, 4.69) is 10.0 Å². The molecule has 0 bridgehead atoms. The first-order valence-corrected chi connectivity index (χ1v) is 7.80. The maximum atomic E-state index is 12.1. The van der Waals surface area contributed by atoms with Crippen LogP contribution in [0.5, 0.6) is 0 Å². The second-order valence-electron chi connectivity index (χ2n) is 4.10. The Kier molecular flexibility index (Phi) is 5.88. The number of benzene rings is 1. The zero-order valence-electron chi connectivity index (χ0n) is 11.1. The number of halogens is 1. The van der Waals surface area contributed by atoms with Crippen LogP contribution >= 0.6 is 11.6 Å². The summed E-state index contributed by atoms with van der Waals surface area (Å²) in [6.07, 6.45) is 0. The van der Waals surface area contributed by atoms with Gasteiger partial charge < -0.3 is 5.32 Å². The highest BCUT2D eigenvalue weighted by molar-refractivity contribution is 7.89. The van der Waals surface area contributed by atoms with E-state index < -0.39 is 20.6 Å². The summed E-state index contributed by atoms with van der Waals surface area (Å²) in [5.41, 5.74) is 0.0342. The van der Waals surface area contributed by atoms with Gasteiger partial charge in [0.05, 0.1) is 4.92 Å². The molecule has 0 saturated carbocycles. The molecular weight excluding hydrogens is 306 g/mol. The summed E-state index contributed by atoms with van der Waals surface area (Å²) in [6.45, 7) is 4.82. The lowest BCUT2D eigenvalue weighted by Gasteiger charge is -2.09. The third-order valence-corrected chi connectivity index (χ3v) is 4.49. The molecule has 1 aromatic carbocycles. The van der Waals surface area contributed by atoms with E-state index in [1.165, 1.54) is 12.1 Å². The Bertz CT molecular complexity index is 604. The van der Waals surface area contributed by atoms with E-state index in [4.69, 9.17) is 11.6 Å². The van der Waals surface area contributed by atoms with Crippen LogP contribution in [0.3, 0.4) is 0 Å². The van der Waals surface area contributed by atoms with E-state index in [0.29, 0.717) is 12.1 Å². The van der Waals surface area contributed by atoms with Gasteiger partial charge in [0.2, 0.25) is 10.0 Å². The summed E-state index contributed by atoms with van der Waals surface area (Å²) in [4.78, 5) is 9.87. The van der Waals surface area contributed by atoms with Gasteiger partial charge in [-0.15, -0.1) is 0 Å². The Hall–Kier alpha value is -1.22. The van der Waals surface area contributed by atoms with Gasteiger partial charge >= 0.3 is 0 Å². The lowest BCUT2D eigenvalue weighted by molar-refractivity contribution is -0.385. The largest absolute Gasteiger partial charge is 0.316 e. The van der Waals surface area contributed by atoms with Gasteiger partial charge in [-0.2, -0.15) is 0 Å². The molecule has 0 aliphatic heterocycles. The monoisotopic (exact) mass is 321 g/mol. The van der Waals surface area contributed by atoms with E-state index in [-0.39, 0.29) is 16.5 Å². The quantitative estimate of drug-likeness (QED) is 0.449. The van der Waals surface area contributed by atoms with Crippen molar-refractivity contribution < 1.29 is 13.3 Å². The number of nitrogens with zero attached hydrogens (tertiary/aromatic N) is 1. The van der Waals surface area contributed by atoms with Gasteiger partial charge in [-0.3, -0.25) is 10.1 Å². The van der Waals surface area contributed by atoms with Crippen LogP contribution in [0.4, 0.5) is 5.69 Å². The summed E-state index contributed by atoms with van der Waals surface area (Å²) in [7, 11) is -3.88. The Labute approximate surface area is 122 Å². The molecule has 0 aliphatic carbocycles. The van der Waals surface area contributed by atoms with Crippen molar-refractivity contribution in [2.75, 3.05) is 19.6 Å². The fourth-order valence-corrected chi connectivity index (χ4v) is 3.26. The molecule has 0 aliphatic rings. The van der Waals surface area contributed by atoms with Gasteiger partial charge in [0.15, 0.2) is 0 Å². The highest BCUT2D eigenvalue weighted by atomic mass is 35.5. The van der Waals surface area contributed by atoms with Gasteiger partial charge in [0, 0.05) is 19.2 Å². The van der Waals surface area contributed by atoms with Crippen molar-refractivity contribution >= 4 is 27.3 Å². The highest BCUT2D eigenvalue weighted by Gasteiger charge is 2.25. The molecule has 0 fully saturated rings. The Balaban J connectivity index is 3.09. The molecule has 1 aromatic rings. The van der Waals surface area contributed by atoms with Gasteiger partial charge in [-0.25, -0.2) is 13.1 Å². The van der Waals surface area contributed by atoms with Crippen molar-refractivity contribution in [3.05, 3.63) is 32.8 Å². The lowest BCUT2D eigenvalue weighted by Crippen LogP contribution is -2.32. The standard InChI is InChI=1S/C11H16ClN3O4S/c1-3-13-4-5-14-20(18,19)10-7-8(2)6-9(11(10)12)15(16)17/h6-7,13-14H,3-5H2,1-2H3. The minimum Gasteiger partial charge on any atom is -0.316 e. The minimum atomic E-state index is -3.88. The molecule has 0 amide bonds. The summed E-state index contributed by atoms with van der Waals surface area (Å²) >= 11 is 5.82. The molecule has 0 heterocycles. The van der Waals surface area contributed by atoms with E-state index in [1.54, 1.807) is 6.92 Å². The Morgan fingerprint density at radius 3 is 2.55 bits per heavy atom.